The predicted octanol–water partition coefficient (Wildman–Crippen LogP) is -2.96. The average Bonchev–Trinajstić information content (AvgIpc) is 2.76. The molecule has 0 aromatic rings. The highest BCUT2D eigenvalue weighted by molar-refractivity contribution is 7.80. The molecule has 34 heavy (non-hydrogen) atoms. The van der Waals surface area contributed by atoms with Gasteiger partial charge in [-0.05, 0) is 38.6 Å². The fourth-order valence-electron chi connectivity index (χ4n) is 2.73. The second-order valence-corrected chi connectivity index (χ2v) is 7.90. The van der Waals surface area contributed by atoms with Gasteiger partial charge in [-0.3, -0.25) is 24.0 Å². The molecule has 0 aliphatic rings. The van der Waals surface area contributed by atoms with E-state index in [9.17, 15) is 33.9 Å². The van der Waals surface area contributed by atoms with E-state index in [1.807, 2.05) is 0 Å². The lowest BCUT2D eigenvalue weighted by molar-refractivity contribution is -0.142. The molecule has 0 saturated carbocycles. The predicted molar refractivity (Wildman–Crippen MR) is 123 cm³/mol. The molecule has 0 aromatic carbocycles. The summed E-state index contributed by atoms with van der Waals surface area (Å²) in [6, 6.07) is -4.92. The van der Waals surface area contributed by atoms with E-state index in [1.165, 1.54) is 0 Å². The minimum absolute atomic E-state index is 0.137. The zero-order valence-electron chi connectivity index (χ0n) is 18.7. The van der Waals surface area contributed by atoms with E-state index in [1.54, 1.807) is 0 Å². The monoisotopic (exact) mass is 506 g/mol. The van der Waals surface area contributed by atoms with Crippen LogP contribution in [0.15, 0.2) is 0 Å². The molecule has 0 fully saturated rings. The van der Waals surface area contributed by atoms with Gasteiger partial charge in [0.05, 0.1) is 6.04 Å². The molecular weight excluding hydrogens is 472 g/mol. The van der Waals surface area contributed by atoms with Crippen molar-refractivity contribution in [2.75, 3.05) is 12.3 Å². The summed E-state index contributed by atoms with van der Waals surface area (Å²) in [6.45, 7) is 0.351. The summed E-state index contributed by atoms with van der Waals surface area (Å²) in [5, 5.41) is 25.0. The van der Waals surface area contributed by atoms with Crippen LogP contribution in [0.2, 0.25) is 0 Å². The number of amides is 4. The van der Waals surface area contributed by atoms with Gasteiger partial charge in [-0.1, -0.05) is 0 Å². The first-order valence-electron chi connectivity index (χ1n) is 10.6. The smallest absolute Gasteiger partial charge is 0.326 e. The minimum Gasteiger partial charge on any atom is -0.481 e. The number of carbonyl (C=O) groups is 6. The summed E-state index contributed by atoms with van der Waals surface area (Å²) >= 11 is 4.02. The topological polar surface area (TPSA) is 257 Å². The summed E-state index contributed by atoms with van der Waals surface area (Å²) in [5.41, 5.74) is 16.2. The van der Waals surface area contributed by atoms with Crippen molar-refractivity contribution >= 4 is 48.2 Å². The number of unbranched alkanes of at least 4 members (excludes halogenated alkanes) is 1. The molecule has 0 bridgehead atoms. The van der Waals surface area contributed by atoms with E-state index in [0.717, 1.165) is 0 Å². The van der Waals surface area contributed by atoms with Crippen molar-refractivity contribution in [3.05, 3.63) is 0 Å². The Balaban J connectivity index is 5.24. The molecule has 4 unspecified atom stereocenters. The van der Waals surface area contributed by atoms with Crippen LogP contribution >= 0.6 is 12.6 Å². The third-order valence-corrected chi connectivity index (χ3v) is 5.06. The molecule has 4 atom stereocenters. The van der Waals surface area contributed by atoms with Crippen molar-refractivity contribution in [3.63, 3.8) is 0 Å². The van der Waals surface area contributed by atoms with Crippen molar-refractivity contribution in [1.82, 2.24) is 16.0 Å². The first kappa shape index (κ1) is 31.1. The molecule has 0 aromatic heterocycles. The average molecular weight is 507 g/mol. The van der Waals surface area contributed by atoms with E-state index in [-0.39, 0.29) is 37.9 Å². The Bertz CT molecular complexity index is 738. The maximum Gasteiger partial charge on any atom is 0.326 e. The fraction of sp³-hybridized carbons (Fsp3) is 0.684. The fourth-order valence-corrected chi connectivity index (χ4v) is 2.99. The molecule has 0 aliphatic heterocycles. The summed E-state index contributed by atoms with van der Waals surface area (Å²) in [5.74, 6) is -5.78. The first-order valence-corrected chi connectivity index (χ1v) is 11.3. The van der Waals surface area contributed by atoms with E-state index in [4.69, 9.17) is 22.3 Å². The van der Waals surface area contributed by atoms with E-state index < -0.39 is 59.7 Å². The van der Waals surface area contributed by atoms with Crippen LogP contribution in [-0.4, -0.2) is 82.2 Å². The molecule has 0 aliphatic carbocycles. The maximum atomic E-state index is 12.8. The standard InChI is InChI=1S/C19H34N6O8S/c20-8-2-1-3-11(23-16(29)10(21)4-7-15(27)28)17(30)25-13(9-34)18(31)24-12(19(32)33)5-6-14(22)26/h10-13,34H,1-9,20-21H2,(H2,22,26)(H,23,29)(H,24,31)(H,25,30)(H,27,28)(H,32,33). The van der Waals surface area contributed by atoms with Crippen LogP contribution in [0.4, 0.5) is 0 Å². The van der Waals surface area contributed by atoms with Gasteiger partial charge < -0.3 is 43.4 Å². The zero-order valence-corrected chi connectivity index (χ0v) is 19.6. The normalized spacial score (nSPS) is 14.2. The van der Waals surface area contributed by atoms with Gasteiger partial charge in [0.2, 0.25) is 23.6 Å². The van der Waals surface area contributed by atoms with Gasteiger partial charge in [0.15, 0.2) is 0 Å². The number of thiol groups is 1. The van der Waals surface area contributed by atoms with Crippen LogP contribution in [0.25, 0.3) is 0 Å². The van der Waals surface area contributed by atoms with Crippen molar-refractivity contribution in [1.29, 1.82) is 0 Å². The van der Waals surface area contributed by atoms with Gasteiger partial charge in [0.25, 0.3) is 0 Å². The SMILES string of the molecule is NCCCCC(NC(=O)C(N)CCC(=O)O)C(=O)NC(CS)C(=O)NC(CCC(N)=O)C(=O)O. The number of nitrogens with two attached hydrogens (primary N) is 3. The number of nitrogens with one attached hydrogen (secondary N) is 3. The van der Waals surface area contributed by atoms with Gasteiger partial charge in [0, 0.05) is 18.6 Å². The highest BCUT2D eigenvalue weighted by Crippen LogP contribution is 2.05. The lowest BCUT2D eigenvalue weighted by Crippen LogP contribution is -2.57. The Morgan fingerprint density at radius 2 is 1.32 bits per heavy atom. The summed E-state index contributed by atoms with van der Waals surface area (Å²) in [6.07, 6.45) is 0.204. The van der Waals surface area contributed by atoms with Crippen molar-refractivity contribution in [2.45, 2.75) is 69.1 Å². The number of hydrogen-bond donors (Lipinski definition) is 9. The second-order valence-electron chi connectivity index (χ2n) is 7.53. The quantitative estimate of drug-likeness (QED) is 0.0674. The largest absolute Gasteiger partial charge is 0.481 e. The van der Waals surface area contributed by atoms with Crippen LogP contribution < -0.4 is 33.2 Å². The molecule has 0 rings (SSSR count). The number of primary amides is 1. The van der Waals surface area contributed by atoms with E-state index >= 15 is 0 Å². The second kappa shape index (κ2) is 16.7. The first-order chi connectivity index (χ1) is 15.9. The van der Waals surface area contributed by atoms with E-state index in [2.05, 4.69) is 28.6 Å². The van der Waals surface area contributed by atoms with Gasteiger partial charge in [-0.25, -0.2) is 4.79 Å². The van der Waals surface area contributed by atoms with Gasteiger partial charge in [0.1, 0.15) is 18.1 Å². The molecule has 14 nitrogen and oxygen atoms in total. The third-order valence-electron chi connectivity index (χ3n) is 4.70. The summed E-state index contributed by atoms with van der Waals surface area (Å²) in [7, 11) is 0. The Morgan fingerprint density at radius 3 is 1.82 bits per heavy atom. The molecule has 15 heteroatoms. The van der Waals surface area contributed by atoms with Crippen LogP contribution in [0.3, 0.4) is 0 Å². The molecule has 194 valence electrons. The number of hydrogen-bond acceptors (Lipinski definition) is 9. The Morgan fingerprint density at radius 1 is 0.765 bits per heavy atom. The minimum atomic E-state index is -1.41. The lowest BCUT2D eigenvalue weighted by Gasteiger charge is -2.24. The molecule has 0 radical (unpaired) electrons. The maximum absolute atomic E-state index is 12.8. The van der Waals surface area contributed by atoms with Crippen molar-refractivity contribution in [3.8, 4) is 0 Å². The van der Waals surface area contributed by atoms with Crippen molar-refractivity contribution in [2.24, 2.45) is 17.2 Å². The van der Waals surface area contributed by atoms with Crippen LogP contribution in [0, 0.1) is 0 Å². The highest BCUT2D eigenvalue weighted by atomic mass is 32.1. The molecule has 11 N–H and O–H groups in total. The van der Waals surface area contributed by atoms with Gasteiger partial charge in [-0.15, -0.1) is 0 Å². The Hall–Kier alpha value is -2.91. The summed E-state index contributed by atoms with van der Waals surface area (Å²) < 4.78 is 0. The number of aliphatic carboxylic acids is 2. The molecular formula is C19H34N6O8S. The summed E-state index contributed by atoms with van der Waals surface area (Å²) in [4.78, 5) is 70.5. The molecule has 0 heterocycles. The van der Waals surface area contributed by atoms with Gasteiger partial charge in [-0.2, -0.15) is 12.6 Å². The number of rotatable bonds is 18. The van der Waals surface area contributed by atoms with Crippen molar-refractivity contribution < 1.29 is 39.0 Å². The van der Waals surface area contributed by atoms with Crippen LogP contribution in [-0.2, 0) is 28.8 Å². The van der Waals surface area contributed by atoms with Gasteiger partial charge >= 0.3 is 11.9 Å². The Labute approximate surface area is 202 Å². The third kappa shape index (κ3) is 13.0. The molecule has 0 saturated heterocycles. The van der Waals surface area contributed by atoms with E-state index in [0.29, 0.717) is 19.4 Å². The Kier molecular flexibility index (Phi) is 15.2. The number of carbonyl (C=O) groups excluding carboxylic acids is 4. The zero-order chi connectivity index (χ0) is 26.3. The van der Waals surface area contributed by atoms with Crippen LogP contribution in [0.1, 0.15) is 44.9 Å². The van der Waals surface area contributed by atoms with Crippen LogP contribution in [0.5, 0.6) is 0 Å². The molecule has 4 amide bonds. The number of carboxylic acids is 2. The molecule has 0 spiro atoms. The highest BCUT2D eigenvalue weighted by Gasteiger charge is 2.29. The lowest BCUT2D eigenvalue weighted by atomic mass is 10.1. The number of carboxylic acid groups (broad SMARTS) is 2.